The van der Waals surface area contributed by atoms with Gasteiger partial charge < -0.3 is 19.9 Å². The molecule has 0 aliphatic rings. The molecule has 0 aliphatic heterocycles. The second kappa shape index (κ2) is 9.57. The molecule has 2 rings (SSSR count). The lowest BCUT2D eigenvalue weighted by atomic mass is 10.1. The van der Waals surface area contributed by atoms with E-state index in [0.717, 1.165) is 5.56 Å². The molecule has 2 N–H and O–H groups in total. The van der Waals surface area contributed by atoms with E-state index in [4.69, 9.17) is 9.47 Å². The third kappa shape index (κ3) is 6.73. The van der Waals surface area contributed by atoms with E-state index in [1.54, 1.807) is 25.1 Å². The smallest absolute Gasteiger partial charge is 0.422 e. The van der Waals surface area contributed by atoms with Crippen LogP contribution in [0.5, 0.6) is 11.5 Å². The number of hydrogen-bond donors (Lipinski definition) is 2. The summed E-state index contributed by atoms with van der Waals surface area (Å²) in [6, 6.07) is 10.5. The fraction of sp³-hybridized carbons (Fsp3) is 0.368. The van der Waals surface area contributed by atoms with Gasteiger partial charge in [-0.25, -0.2) is 4.39 Å². The number of halogens is 4. The maximum Gasteiger partial charge on any atom is 0.422 e. The summed E-state index contributed by atoms with van der Waals surface area (Å²) in [5.74, 6) is -0.281. The highest BCUT2D eigenvalue weighted by molar-refractivity contribution is 5.43. The van der Waals surface area contributed by atoms with E-state index in [1.165, 1.54) is 24.3 Å². The van der Waals surface area contributed by atoms with Crippen LogP contribution in [0, 0.1) is 5.82 Å². The molecule has 27 heavy (non-hydrogen) atoms. The minimum Gasteiger partial charge on any atom is -0.490 e. The van der Waals surface area contributed by atoms with Crippen LogP contribution in [0.2, 0.25) is 0 Å². The van der Waals surface area contributed by atoms with Gasteiger partial charge in [0.15, 0.2) is 18.1 Å². The van der Waals surface area contributed by atoms with Crippen LogP contribution in [0.1, 0.15) is 24.2 Å². The molecule has 0 spiro atoms. The Morgan fingerprint density at radius 1 is 1.07 bits per heavy atom. The van der Waals surface area contributed by atoms with Gasteiger partial charge in [0, 0.05) is 18.7 Å². The van der Waals surface area contributed by atoms with Crippen molar-refractivity contribution in [3.63, 3.8) is 0 Å². The van der Waals surface area contributed by atoms with Crippen molar-refractivity contribution < 1.29 is 32.1 Å². The fourth-order valence-corrected chi connectivity index (χ4v) is 2.42. The van der Waals surface area contributed by atoms with E-state index < -0.39 is 24.7 Å². The number of benzene rings is 2. The van der Waals surface area contributed by atoms with Gasteiger partial charge in [-0.15, -0.1) is 0 Å². The standard InChI is InChI=1S/C19H21F4NO3/c1-2-26-18-9-13(7-8-17(18)27-12-19(21,22)23)10-24-11-16(25)14-5-3-4-6-15(14)20/h3-9,16,24-25H,2,10-12H2,1H3. The molecule has 2 aromatic rings. The van der Waals surface area contributed by atoms with E-state index in [9.17, 15) is 22.7 Å². The normalized spacial score (nSPS) is 12.7. The molecule has 0 saturated carbocycles. The average molecular weight is 387 g/mol. The molecule has 148 valence electrons. The van der Waals surface area contributed by atoms with Gasteiger partial charge in [-0.2, -0.15) is 13.2 Å². The summed E-state index contributed by atoms with van der Waals surface area (Å²) < 4.78 is 60.7. The minimum atomic E-state index is -4.44. The number of aliphatic hydroxyl groups excluding tert-OH is 1. The van der Waals surface area contributed by atoms with E-state index in [-0.39, 0.29) is 30.2 Å². The SMILES string of the molecule is CCOc1cc(CNCC(O)c2ccccc2F)ccc1OCC(F)(F)F. The fourth-order valence-electron chi connectivity index (χ4n) is 2.42. The monoisotopic (exact) mass is 387 g/mol. The van der Waals surface area contributed by atoms with Crippen LogP contribution in [0.25, 0.3) is 0 Å². The summed E-state index contributed by atoms with van der Waals surface area (Å²) in [5, 5.41) is 13.0. The maximum atomic E-state index is 13.6. The molecule has 0 radical (unpaired) electrons. The summed E-state index contributed by atoms with van der Waals surface area (Å²) in [6.45, 7) is 0.996. The van der Waals surface area contributed by atoms with Crippen molar-refractivity contribution >= 4 is 0 Å². The van der Waals surface area contributed by atoms with Gasteiger partial charge in [0.2, 0.25) is 0 Å². The first kappa shape index (κ1) is 21.0. The molecule has 1 unspecified atom stereocenters. The Bertz CT molecular complexity index is 737. The third-order valence-corrected chi connectivity index (χ3v) is 3.63. The first-order valence-electron chi connectivity index (χ1n) is 8.38. The number of rotatable bonds is 9. The second-order valence-corrected chi connectivity index (χ2v) is 5.79. The van der Waals surface area contributed by atoms with Gasteiger partial charge in [0.25, 0.3) is 0 Å². The third-order valence-electron chi connectivity index (χ3n) is 3.63. The zero-order chi connectivity index (χ0) is 19.9. The summed E-state index contributed by atoms with van der Waals surface area (Å²) in [7, 11) is 0. The van der Waals surface area contributed by atoms with Gasteiger partial charge in [-0.3, -0.25) is 0 Å². The summed E-state index contributed by atoms with van der Waals surface area (Å²) >= 11 is 0. The minimum absolute atomic E-state index is 0.00400. The van der Waals surface area contributed by atoms with Crippen LogP contribution >= 0.6 is 0 Å². The van der Waals surface area contributed by atoms with Crippen molar-refractivity contribution in [3.05, 3.63) is 59.4 Å². The Labute approximate surface area is 154 Å². The average Bonchev–Trinajstić information content (AvgIpc) is 2.61. The van der Waals surface area contributed by atoms with Crippen molar-refractivity contribution in [1.29, 1.82) is 0 Å². The van der Waals surface area contributed by atoms with Gasteiger partial charge in [-0.1, -0.05) is 24.3 Å². The molecule has 0 saturated heterocycles. The highest BCUT2D eigenvalue weighted by Crippen LogP contribution is 2.30. The van der Waals surface area contributed by atoms with Gasteiger partial charge in [0.05, 0.1) is 12.7 Å². The zero-order valence-electron chi connectivity index (χ0n) is 14.7. The quantitative estimate of drug-likeness (QED) is 0.639. The summed E-state index contributed by atoms with van der Waals surface area (Å²) in [5.41, 5.74) is 0.912. The van der Waals surface area contributed by atoms with Crippen LogP contribution in [-0.2, 0) is 6.54 Å². The number of aliphatic hydroxyl groups is 1. The van der Waals surface area contributed by atoms with Crippen molar-refractivity contribution in [1.82, 2.24) is 5.32 Å². The lowest BCUT2D eigenvalue weighted by Gasteiger charge is -2.16. The van der Waals surface area contributed by atoms with Crippen molar-refractivity contribution in [2.45, 2.75) is 25.7 Å². The molecule has 0 aliphatic carbocycles. The van der Waals surface area contributed by atoms with Crippen LogP contribution in [0.15, 0.2) is 42.5 Å². The highest BCUT2D eigenvalue weighted by atomic mass is 19.4. The molecular formula is C19H21F4NO3. The van der Waals surface area contributed by atoms with Crippen LogP contribution in [-0.4, -0.2) is 31.0 Å². The molecule has 4 nitrogen and oxygen atoms in total. The lowest BCUT2D eigenvalue weighted by molar-refractivity contribution is -0.153. The van der Waals surface area contributed by atoms with E-state index >= 15 is 0 Å². The topological polar surface area (TPSA) is 50.7 Å². The van der Waals surface area contributed by atoms with Gasteiger partial charge in [-0.05, 0) is 30.7 Å². The first-order valence-corrected chi connectivity index (χ1v) is 8.38. The molecule has 2 aromatic carbocycles. The number of alkyl halides is 3. The molecule has 0 bridgehead atoms. The van der Waals surface area contributed by atoms with E-state index in [1.807, 2.05) is 0 Å². The predicted molar refractivity (Wildman–Crippen MR) is 92.2 cm³/mol. The Kier molecular flexibility index (Phi) is 7.44. The van der Waals surface area contributed by atoms with E-state index in [0.29, 0.717) is 6.54 Å². The molecule has 0 fully saturated rings. The lowest BCUT2D eigenvalue weighted by Crippen LogP contribution is -2.22. The van der Waals surface area contributed by atoms with Gasteiger partial charge >= 0.3 is 6.18 Å². The summed E-state index contributed by atoms with van der Waals surface area (Å²) in [4.78, 5) is 0. The Hall–Kier alpha value is -2.32. The number of hydrogen-bond acceptors (Lipinski definition) is 4. The molecule has 0 heterocycles. The Morgan fingerprint density at radius 2 is 1.81 bits per heavy atom. The number of ether oxygens (including phenoxy) is 2. The largest absolute Gasteiger partial charge is 0.490 e. The van der Waals surface area contributed by atoms with Crippen LogP contribution < -0.4 is 14.8 Å². The predicted octanol–water partition coefficient (Wildman–Crippen LogP) is 3.99. The molecule has 0 amide bonds. The maximum absolute atomic E-state index is 13.6. The van der Waals surface area contributed by atoms with Gasteiger partial charge in [0.1, 0.15) is 5.82 Å². The van der Waals surface area contributed by atoms with Crippen molar-refractivity contribution in [3.8, 4) is 11.5 Å². The van der Waals surface area contributed by atoms with Crippen molar-refractivity contribution in [2.75, 3.05) is 19.8 Å². The number of nitrogens with one attached hydrogen (secondary N) is 1. The van der Waals surface area contributed by atoms with Crippen molar-refractivity contribution in [2.24, 2.45) is 0 Å². The van der Waals surface area contributed by atoms with E-state index in [2.05, 4.69) is 5.32 Å². The first-order chi connectivity index (χ1) is 12.8. The van der Waals surface area contributed by atoms with Crippen LogP contribution in [0.3, 0.4) is 0 Å². The second-order valence-electron chi connectivity index (χ2n) is 5.79. The van der Waals surface area contributed by atoms with Crippen LogP contribution in [0.4, 0.5) is 17.6 Å². The summed E-state index contributed by atoms with van der Waals surface area (Å²) in [6.07, 6.45) is -5.46. The highest BCUT2D eigenvalue weighted by Gasteiger charge is 2.29. The molecule has 0 aromatic heterocycles. The Morgan fingerprint density at radius 3 is 2.48 bits per heavy atom. The molecule has 1 atom stereocenters. The molecular weight excluding hydrogens is 366 g/mol. The molecule has 8 heteroatoms. The zero-order valence-corrected chi connectivity index (χ0v) is 14.7. The Balaban J connectivity index is 1.96.